The third kappa shape index (κ3) is 2.42. The van der Waals surface area contributed by atoms with E-state index in [2.05, 4.69) is 18.2 Å². The lowest BCUT2D eigenvalue weighted by atomic mass is 10.0. The Kier molecular flexibility index (Phi) is 3.34. The van der Waals surface area contributed by atoms with E-state index in [1.165, 1.54) is 0 Å². The first-order valence-corrected chi connectivity index (χ1v) is 5.75. The lowest BCUT2D eigenvalue weighted by Crippen LogP contribution is -2.48. The zero-order chi connectivity index (χ0) is 12.3. The van der Waals surface area contributed by atoms with Gasteiger partial charge in [0.1, 0.15) is 0 Å². The molecular weight excluding hydrogens is 212 g/mol. The second-order valence-electron chi connectivity index (χ2n) is 4.21. The summed E-state index contributed by atoms with van der Waals surface area (Å²) in [4.78, 5) is 15.2. The van der Waals surface area contributed by atoms with E-state index in [0.29, 0.717) is 13.1 Å². The fourth-order valence-electron chi connectivity index (χ4n) is 2.18. The van der Waals surface area contributed by atoms with Gasteiger partial charge in [0.15, 0.2) is 0 Å². The smallest absolute Gasteiger partial charge is 0.219 e. The number of hydrogen-bond acceptors (Lipinski definition) is 2. The maximum Gasteiger partial charge on any atom is 0.219 e. The van der Waals surface area contributed by atoms with Gasteiger partial charge in [-0.1, -0.05) is 36.8 Å². The minimum atomic E-state index is 0.110. The monoisotopic (exact) mass is 228 g/mol. The van der Waals surface area contributed by atoms with E-state index in [1.807, 2.05) is 28.0 Å². The molecule has 1 heterocycles. The molecule has 88 valence electrons. The number of nitrogens with zero attached hydrogens (tertiary/aromatic N) is 2. The molecular formula is C14H16N2O. The predicted molar refractivity (Wildman–Crippen MR) is 67.0 cm³/mol. The lowest BCUT2D eigenvalue weighted by Gasteiger charge is -2.39. The Hall–Kier alpha value is -1.95. The van der Waals surface area contributed by atoms with Gasteiger partial charge in [-0.25, -0.2) is 0 Å². The highest BCUT2D eigenvalue weighted by molar-refractivity contribution is 5.73. The van der Waals surface area contributed by atoms with Crippen LogP contribution < -0.4 is 0 Å². The third-order valence-electron chi connectivity index (χ3n) is 3.18. The Morgan fingerprint density at radius 1 is 1.35 bits per heavy atom. The van der Waals surface area contributed by atoms with Crippen LogP contribution in [0.25, 0.3) is 0 Å². The maximum absolute atomic E-state index is 11.4. The zero-order valence-electron chi connectivity index (χ0n) is 9.97. The molecule has 1 aliphatic rings. The van der Waals surface area contributed by atoms with Gasteiger partial charge in [-0.2, -0.15) is 0 Å². The summed E-state index contributed by atoms with van der Waals surface area (Å²) < 4.78 is 0. The molecule has 17 heavy (non-hydrogen) atoms. The summed E-state index contributed by atoms with van der Waals surface area (Å²) in [6, 6.07) is 12.9. The summed E-state index contributed by atoms with van der Waals surface area (Å²) in [6.45, 7) is 3.72. The van der Waals surface area contributed by atoms with Crippen LogP contribution in [0.15, 0.2) is 30.3 Å². The molecule has 1 aromatic carbocycles. The number of carbonyl (C=O) groups excluding carboxylic acids is 1. The van der Waals surface area contributed by atoms with E-state index in [0.717, 1.165) is 12.1 Å². The zero-order valence-corrected chi connectivity index (χ0v) is 9.97. The maximum atomic E-state index is 11.4. The molecule has 1 saturated heterocycles. The molecule has 0 spiro atoms. The van der Waals surface area contributed by atoms with Crippen molar-refractivity contribution in [2.75, 3.05) is 19.6 Å². The van der Waals surface area contributed by atoms with Crippen molar-refractivity contribution in [1.29, 1.82) is 0 Å². The van der Waals surface area contributed by atoms with Gasteiger partial charge in [0.25, 0.3) is 0 Å². The van der Waals surface area contributed by atoms with E-state index < -0.39 is 0 Å². The number of benzene rings is 1. The first kappa shape index (κ1) is 11.5. The van der Waals surface area contributed by atoms with Gasteiger partial charge >= 0.3 is 0 Å². The van der Waals surface area contributed by atoms with Crippen molar-refractivity contribution in [1.82, 2.24) is 9.80 Å². The van der Waals surface area contributed by atoms with Gasteiger partial charge in [0.2, 0.25) is 5.91 Å². The average Bonchev–Trinajstić information content (AvgIpc) is 2.39. The van der Waals surface area contributed by atoms with Crippen molar-refractivity contribution in [2.24, 2.45) is 0 Å². The van der Waals surface area contributed by atoms with E-state index in [-0.39, 0.29) is 11.9 Å². The molecule has 1 aromatic rings. The van der Waals surface area contributed by atoms with E-state index in [9.17, 15) is 4.79 Å². The first-order chi connectivity index (χ1) is 8.22. The molecule has 1 atom stereocenters. The Morgan fingerprint density at radius 2 is 2.06 bits per heavy atom. The summed E-state index contributed by atoms with van der Waals surface area (Å²) >= 11 is 0. The quantitative estimate of drug-likeness (QED) is 0.680. The summed E-state index contributed by atoms with van der Waals surface area (Å²) in [6.07, 6.45) is 5.53. The minimum Gasteiger partial charge on any atom is -0.339 e. The molecule has 1 amide bonds. The van der Waals surface area contributed by atoms with Crippen LogP contribution in [0.4, 0.5) is 0 Å². The Labute approximate surface area is 102 Å². The number of amides is 1. The van der Waals surface area contributed by atoms with Crippen LogP contribution >= 0.6 is 0 Å². The largest absolute Gasteiger partial charge is 0.339 e. The van der Waals surface area contributed by atoms with Gasteiger partial charge in [-0.05, 0) is 5.56 Å². The van der Waals surface area contributed by atoms with Crippen molar-refractivity contribution >= 4 is 5.91 Å². The molecule has 0 aromatic heterocycles. The van der Waals surface area contributed by atoms with Crippen LogP contribution in [0.2, 0.25) is 0 Å². The van der Waals surface area contributed by atoms with Gasteiger partial charge in [-0.15, -0.1) is 0 Å². The van der Waals surface area contributed by atoms with Gasteiger partial charge < -0.3 is 9.80 Å². The number of rotatable bonds is 1. The Bertz CT molecular complexity index is 435. The predicted octanol–water partition coefficient (Wildman–Crippen LogP) is 1.48. The highest BCUT2D eigenvalue weighted by Gasteiger charge is 2.27. The summed E-state index contributed by atoms with van der Waals surface area (Å²) in [5.41, 5.74) is 1.16. The van der Waals surface area contributed by atoms with Crippen LogP contribution in [0.1, 0.15) is 18.5 Å². The third-order valence-corrected chi connectivity index (χ3v) is 3.18. The second-order valence-corrected chi connectivity index (χ2v) is 4.21. The Morgan fingerprint density at radius 3 is 2.65 bits per heavy atom. The molecule has 0 aliphatic carbocycles. The summed E-state index contributed by atoms with van der Waals surface area (Å²) in [5, 5.41) is 0. The van der Waals surface area contributed by atoms with Crippen LogP contribution in [0.3, 0.4) is 0 Å². The topological polar surface area (TPSA) is 23.6 Å². The number of piperazine rings is 1. The van der Waals surface area contributed by atoms with Gasteiger partial charge in [-0.3, -0.25) is 4.79 Å². The lowest BCUT2D eigenvalue weighted by molar-refractivity contribution is -0.131. The molecule has 0 N–H and O–H groups in total. The number of terminal acetylenes is 1. The minimum absolute atomic E-state index is 0.110. The Balaban J connectivity index is 2.22. The van der Waals surface area contributed by atoms with Crippen molar-refractivity contribution in [2.45, 2.75) is 13.0 Å². The molecule has 0 radical (unpaired) electrons. The highest BCUT2D eigenvalue weighted by Crippen LogP contribution is 2.24. The molecule has 3 nitrogen and oxygen atoms in total. The summed E-state index contributed by atoms with van der Waals surface area (Å²) in [7, 11) is 0. The standard InChI is InChI=1S/C14H16N2O/c1-3-15-9-10-16(12(2)17)11-14(15)13-7-5-4-6-8-13/h1,4-8,14H,9-11H2,2H3. The highest BCUT2D eigenvalue weighted by atomic mass is 16.2. The molecule has 0 bridgehead atoms. The molecule has 3 heteroatoms. The molecule has 1 unspecified atom stereocenters. The van der Waals surface area contributed by atoms with Gasteiger partial charge in [0, 0.05) is 32.6 Å². The van der Waals surface area contributed by atoms with E-state index in [4.69, 9.17) is 6.42 Å². The van der Waals surface area contributed by atoms with Crippen molar-refractivity contribution < 1.29 is 4.79 Å². The normalized spacial score (nSPS) is 19.9. The van der Waals surface area contributed by atoms with Gasteiger partial charge in [0.05, 0.1) is 6.04 Å². The number of carbonyl (C=O) groups is 1. The SMILES string of the molecule is C#CN1CCN(C(C)=O)CC1c1ccccc1. The molecule has 0 saturated carbocycles. The van der Waals surface area contributed by atoms with E-state index >= 15 is 0 Å². The van der Waals surface area contributed by atoms with Crippen LogP contribution in [0, 0.1) is 12.5 Å². The summed E-state index contributed by atoms with van der Waals surface area (Å²) in [5.74, 6) is 0.114. The molecule has 1 aliphatic heterocycles. The number of hydrogen-bond donors (Lipinski definition) is 0. The van der Waals surface area contributed by atoms with Crippen molar-refractivity contribution in [3.63, 3.8) is 0 Å². The molecule has 2 rings (SSSR count). The average molecular weight is 228 g/mol. The fourth-order valence-corrected chi connectivity index (χ4v) is 2.18. The van der Waals surface area contributed by atoms with Crippen LogP contribution in [0.5, 0.6) is 0 Å². The fraction of sp³-hybridized carbons (Fsp3) is 0.357. The van der Waals surface area contributed by atoms with Crippen LogP contribution in [-0.2, 0) is 4.79 Å². The first-order valence-electron chi connectivity index (χ1n) is 5.75. The van der Waals surface area contributed by atoms with Crippen molar-refractivity contribution in [3.8, 4) is 12.5 Å². The van der Waals surface area contributed by atoms with Crippen molar-refractivity contribution in [3.05, 3.63) is 35.9 Å². The van der Waals surface area contributed by atoms with Crippen LogP contribution in [-0.4, -0.2) is 35.3 Å². The molecule has 1 fully saturated rings. The second kappa shape index (κ2) is 4.92. The van der Waals surface area contributed by atoms with E-state index in [1.54, 1.807) is 6.92 Å².